The lowest BCUT2D eigenvalue weighted by molar-refractivity contribution is 0.0208. The summed E-state index contributed by atoms with van der Waals surface area (Å²) in [6.45, 7) is 2.74. The fourth-order valence-corrected chi connectivity index (χ4v) is 3.29. The quantitative estimate of drug-likeness (QED) is 0.921. The maximum Gasteiger partial charge on any atom is 0.336 e. The van der Waals surface area contributed by atoms with E-state index in [1.165, 1.54) is 6.42 Å². The fourth-order valence-electron chi connectivity index (χ4n) is 3.29. The van der Waals surface area contributed by atoms with Gasteiger partial charge in [0, 0.05) is 25.4 Å². The summed E-state index contributed by atoms with van der Waals surface area (Å²) >= 11 is 0. The Morgan fingerprint density at radius 1 is 1.35 bits per heavy atom. The van der Waals surface area contributed by atoms with Gasteiger partial charge in [0.15, 0.2) is 0 Å². The van der Waals surface area contributed by atoms with Gasteiger partial charge in [-0.2, -0.15) is 0 Å². The molecule has 0 spiro atoms. The van der Waals surface area contributed by atoms with Gasteiger partial charge < -0.3 is 14.7 Å². The van der Waals surface area contributed by atoms with E-state index in [1.807, 2.05) is 12.1 Å². The molecule has 1 unspecified atom stereocenters. The Labute approximate surface area is 119 Å². The number of carboxylic acids is 1. The normalized spacial score (nSPS) is 22.4. The molecule has 0 aliphatic carbocycles. The molecule has 1 N–H and O–H groups in total. The smallest absolute Gasteiger partial charge is 0.336 e. The van der Waals surface area contributed by atoms with E-state index in [0.717, 1.165) is 56.6 Å². The number of fused-ring (bicyclic) bond motifs is 1. The highest BCUT2D eigenvalue weighted by Gasteiger charge is 2.25. The molecule has 20 heavy (non-hydrogen) atoms. The van der Waals surface area contributed by atoms with Crippen molar-refractivity contribution in [2.45, 2.75) is 38.2 Å². The second kappa shape index (κ2) is 5.83. The third-order valence-electron chi connectivity index (χ3n) is 4.28. The lowest BCUT2D eigenvalue weighted by atomic mass is 9.95. The number of benzene rings is 1. The van der Waals surface area contributed by atoms with E-state index in [9.17, 15) is 9.90 Å². The van der Waals surface area contributed by atoms with Crippen LogP contribution in [0.5, 0.6) is 0 Å². The van der Waals surface area contributed by atoms with Crippen molar-refractivity contribution >= 4 is 11.7 Å². The van der Waals surface area contributed by atoms with Gasteiger partial charge in [0.2, 0.25) is 0 Å². The van der Waals surface area contributed by atoms with Gasteiger partial charge in [0.25, 0.3) is 0 Å². The number of carbonyl (C=O) groups is 1. The zero-order valence-electron chi connectivity index (χ0n) is 11.7. The average Bonchev–Trinajstić information content (AvgIpc) is 2.48. The molecule has 4 heteroatoms. The minimum absolute atomic E-state index is 0.295. The molecule has 1 saturated heterocycles. The van der Waals surface area contributed by atoms with E-state index < -0.39 is 5.97 Å². The molecule has 4 nitrogen and oxygen atoms in total. The minimum Gasteiger partial charge on any atom is -0.478 e. The third kappa shape index (κ3) is 2.66. The number of anilines is 1. The minimum atomic E-state index is -0.822. The molecule has 0 radical (unpaired) electrons. The number of rotatable bonds is 3. The SMILES string of the molecule is O=C(O)c1cccc2c1CCCN2CC1CCCCO1. The summed E-state index contributed by atoms with van der Waals surface area (Å²) < 4.78 is 5.82. The topological polar surface area (TPSA) is 49.8 Å². The second-order valence-electron chi connectivity index (χ2n) is 5.65. The zero-order valence-corrected chi connectivity index (χ0v) is 11.7. The van der Waals surface area contributed by atoms with E-state index >= 15 is 0 Å². The Morgan fingerprint density at radius 2 is 2.25 bits per heavy atom. The van der Waals surface area contributed by atoms with Crippen molar-refractivity contribution < 1.29 is 14.6 Å². The van der Waals surface area contributed by atoms with Gasteiger partial charge in [-0.05, 0) is 49.8 Å². The van der Waals surface area contributed by atoms with Gasteiger partial charge in [0.1, 0.15) is 0 Å². The van der Waals surface area contributed by atoms with Crippen molar-refractivity contribution in [1.29, 1.82) is 0 Å². The van der Waals surface area contributed by atoms with Crippen molar-refractivity contribution in [3.63, 3.8) is 0 Å². The first-order valence-corrected chi connectivity index (χ1v) is 7.47. The summed E-state index contributed by atoms with van der Waals surface area (Å²) in [5.74, 6) is -0.822. The molecule has 0 bridgehead atoms. The lowest BCUT2D eigenvalue weighted by Gasteiger charge is -2.35. The summed E-state index contributed by atoms with van der Waals surface area (Å²) in [6.07, 6.45) is 5.69. The molecule has 2 aliphatic heterocycles. The van der Waals surface area contributed by atoms with E-state index in [4.69, 9.17) is 4.74 Å². The average molecular weight is 275 g/mol. The van der Waals surface area contributed by atoms with Crippen LogP contribution in [0.1, 0.15) is 41.6 Å². The Bertz CT molecular complexity index is 494. The van der Waals surface area contributed by atoms with Crippen LogP contribution in [0.15, 0.2) is 18.2 Å². The molecule has 1 aromatic carbocycles. The molecule has 2 heterocycles. The molecule has 1 atom stereocenters. The Kier molecular flexibility index (Phi) is 3.92. The number of hydrogen-bond acceptors (Lipinski definition) is 3. The molecule has 0 amide bonds. The summed E-state index contributed by atoms with van der Waals surface area (Å²) in [5, 5.41) is 9.31. The fraction of sp³-hybridized carbons (Fsp3) is 0.562. The van der Waals surface area contributed by atoms with Crippen molar-refractivity contribution in [2.24, 2.45) is 0 Å². The van der Waals surface area contributed by atoms with Crippen LogP contribution < -0.4 is 4.90 Å². The lowest BCUT2D eigenvalue weighted by Crippen LogP contribution is -2.39. The Balaban J connectivity index is 1.82. The highest BCUT2D eigenvalue weighted by molar-refractivity contribution is 5.91. The highest BCUT2D eigenvalue weighted by Crippen LogP contribution is 2.31. The molecule has 0 aromatic heterocycles. The van der Waals surface area contributed by atoms with E-state index in [0.29, 0.717) is 11.7 Å². The van der Waals surface area contributed by atoms with Crippen LogP contribution in [0.4, 0.5) is 5.69 Å². The van der Waals surface area contributed by atoms with Crippen molar-refractivity contribution in [2.75, 3.05) is 24.6 Å². The first-order chi connectivity index (χ1) is 9.75. The maximum absolute atomic E-state index is 11.3. The van der Waals surface area contributed by atoms with Gasteiger partial charge in [0.05, 0.1) is 11.7 Å². The van der Waals surface area contributed by atoms with Gasteiger partial charge >= 0.3 is 5.97 Å². The molecule has 1 aromatic rings. The van der Waals surface area contributed by atoms with E-state index in [-0.39, 0.29) is 0 Å². The molecule has 0 saturated carbocycles. The van der Waals surface area contributed by atoms with Crippen LogP contribution in [0.2, 0.25) is 0 Å². The predicted octanol–water partition coefficient (Wildman–Crippen LogP) is 2.71. The van der Waals surface area contributed by atoms with Crippen molar-refractivity contribution in [3.8, 4) is 0 Å². The second-order valence-corrected chi connectivity index (χ2v) is 5.65. The first kappa shape index (κ1) is 13.4. The monoisotopic (exact) mass is 275 g/mol. The van der Waals surface area contributed by atoms with Crippen LogP contribution in [0, 0.1) is 0 Å². The van der Waals surface area contributed by atoms with Crippen LogP contribution in [0.3, 0.4) is 0 Å². The molecular weight excluding hydrogens is 254 g/mol. The number of nitrogens with zero attached hydrogens (tertiary/aromatic N) is 1. The summed E-state index contributed by atoms with van der Waals surface area (Å²) in [4.78, 5) is 13.6. The maximum atomic E-state index is 11.3. The van der Waals surface area contributed by atoms with Gasteiger partial charge in [-0.1, -0.05) is 6.07 Å². The van der Waals surface area contributed by atoms with E-state index in [2.05, 4.69) is 4.90 Å². The van der Waals surface area contributed by atoms with Gasteiger partial charge in [-0.15, -0.1) is 0 Å². The Morgan fingerprint density at radius 3 is 3.00 bits per heavy atom. The zero-order chi connectivity index (χ0) is 13.9. The standard InChI is InChI=1S/C16H21NO3/c18-16(19)14-6-3-8-15-13(14)7-4-9-17(15)11-12-5-1-2-10-20-12/h3,6,8,12H,1-2,4-5,7,9-11H2,(H,18,19). The van der Waals surface area contributed by atoms with Crippen LogP contribution in [-0.2, 0) is 11.2 Å². The summed E-state index contributed by atoms with van der Waals surface area (Å²) in [7, 11) is 0. The molecule has 1 fully saturated rings. The largest absolute Gasteiger partial charge is 0.478 e. The third-order valence-corrected chi connectivity index (χ3v) is 4.28. The number of aromatic carboxylic acids is 1. The molecular formula is C16H21NO3. The summed E-state index contributed by atoms with van der Waals surface area (Å²) in [6, 6.07) is 5.61. The molecule has 3 rings (SSSR count). The van der Waals surface area contributed by atoms with Crippen molar-refractivity contribution in [3.05, 3.63) is 29.3 Å². The van der Waals surface area contributed by atoms with E-state index in [1.54, 1.807) is 6.07 Å². The number of hydrogen-bond donors (Lipinski definition) is 1. The Hall–Kier alpha value is -1.55. The van der Waals surface area contributed by atoms with Crippen LogP contribution >= 0.6 is 0 Å². The molecule has 2 aliphatic rings. The predicted molar refractivity (Wildman–Crippen MR) is 77.5 cm³/mol. The van der Waals surface area contributed by atoms with Gasteiger partial charge in [-0.25, -0.2) is 4.79 Å². The van der Waals surface area contributed by atoms with Crippen LogP contribution in [-0.4, -0.2) is 36.9 Å². The van der Waals surface area contributed by atoms with Crippen LogP contribution in [0.25, 0.3) is 0 Å². The molecule has 108 valence electrons. The van der Waals surface area contributed by atoms with Crippen molar-refractivity contribution in [1.82, 2.24) is 0 Å². The summed E-state index contributed by atoms with van der Waals surface area (Å²) in [5.41, 5.74) is 2.53. The first-order valence-electron chi connectivity index (χ1n) is 7.47. The van der Waals surface area contributed by atoms with Gasteiger partial charge in [-0.3, -0.25) is 0 Å². The number of ether oxygens (including phenoxy) is 1. The number of carboxylic acid groups (broad SMARTS) is 1. The highest BCUT2D eigenvalue weighted by atomic mass is 16.5.